The van der Waals surface area contributed by atoms with Gasteiger partial charge in [0.2, 0.25) is 5.95 Å². The first-order valence-corrected chi connectivity index (χ1v) is 9.02. The summed E-state index contributed by atoms with van der Waals surface area (Å²) in [7, 11) is 0. The summed E-state index contributed by atoms with van der Waals surface area (Å²) in [5.41, 5.74) is 2.49. The zero-order valence-corrected chi connectivity index (χ0v) is 15.2. The molecular weight excluding hydrogens is 382 g/mol. The normalized spacial score (nSPS) is 16.7. The molecule has 0 radical (unpaired) electrons. The SMILES string of the molecule is O=C(Nc1cnc(N2CC(F)(F)C2)nc1)c1ccc2c(c1)-c1cncn1CCO2. The Bertz CT molecular complexity index is 1070. The Hall–Kier alpha value is -3.56. The Balaban J connectivity index is 1.33. The van der Waals surface area contributed by atoms with Gasteiger partial charge in [-0.25, -0.2) is 23.7 Å². The predicted octanol–water partition coefficient (Wildman–Crippen LogP) is 2.44. The molecule has 3 aromatic rings. The molecule has 10 heteroatoms. The minimum Gasteiger partial charge on any atom is -0.491 e. The molecule has 1 fully saturated rings. The van der Waals surface area contributed by atoms with E-state index in [1.165, 1.54) is 17.3 Å². The molecule has 2 aromatic heterocycles. The van der Waals surface area contributed by atoms with E-state index in [-0.39, 0.29) is 11.9 Å². The van der Waals surface area contributed by atoms with Crippen molar-refractivity contribution in [2.45, 2.75) is 12.5 Å². The third-order valence-electron chi connectivity index (χ3n) is 4.84. The van der Waals surface area contributed by atoms with Gasteiger partial charge in [-0.2, -0.15) is 0 Å². The molecule has 29 heavy (non-hydrogen) atoms. The number of carbonyl (C=O) groups is 1. The van der Waals surface area contributed by atoms with E-state index < -0.39 is 19.0 Å². The number of benzene rings is 1. The highest BCUT2D eigenvalue weighted by Crippen LogP contribution is 2.33. The maximum Gasteiger partial charge on any atom is 0.282 e. The summed E-state index contributed by atoms with van der Waals surface area (Å²) in [5, 5.41) is 2.72. The van der Waals surface area contributed by atoms with Gasteiger partial charge in [-0.05, 0) is 18.2 Å². The number of ether oxygens (including phenoxy) is 1. The van der Waals surface area contributed by atoms with Crippen LogP contribution in [0.2, 0.25) is 0 Å². The van der Waals surface area contributed by atoms with Crippen LogP contribution in [0.4, 0.5) is 20.4 Å². The molecule has 8 nitrogen and oxygen atoms in total. The van der Waals surface area contributed by atoms with Crippen molar-refractivity contribution in [2.24, 2.45) is 0 Å². The number of fused-ring (bicyclic) bond motifs is 3. The lowest BCUT2D eigenvalue weighted by Gasteiger charge is -2.38. The van der Waals surface area contributed by atoms with Crippen molar-refractivity contribution in [3.63, 3.8) is 0 Å². The van der Waals surface area contributed by atoms with Crippen molar-refractivity contribution in [1.82, 2.24) is 19.5 Å². The standard InChI is InChI=1S/C19H16F2N6O2/c20-19(21)9-27(10-19)18-23-6-13(7-24-18)25-17(28)12-1-2-16-14(5-12)15-8-22-11-26(15)3-4-29-16/h1-2,5-8,11H,3-4,9-10H2,(H,25,28). The fourth-order valence-electron chi connectivity index (χ4n) is 3.38. The molecule has 148 valence electrons. The van der Waals surface area contributed by atoms with E-state index in [9.17, 15) is 13.6 Å². The fraction of sp³-hybridized carbons (Fsp3) is 0.263. The minimum atomic E-state index is -2.69. The fourth-order valence-corrected chi connectivity index (χ4v) is 3.38. The quantitative estimate of drug-likeness (QED) is 0.730. The number of amides is 1. The molecule has 0 unspecified atom stereocenters. The van der Waals surface area contributed by atoms with Crippen molar-refractivity contribution >= 4 is 17.5 Å². The van der Waals surface area contributed by atoms with Gasteiger partial charge in [0.1, 0.15) is 12.4 Å². The van der Waals surface area contributed by atoms with Crippen molar-refractivity contribution < 1.29 is 18.3 Å². The van der Waals surface area contributed by atoms with Crippen LogP contribution in [-0.2, 0) is 6.54 Å². The van der Waals surface area contributed by atoms with Crippen LogP contribution in [0.15, 0.2) is 43.1 Å². The van der Waals surface area contributed by atoms with Gasteiger partial charge in [0.05, 0.1) is 55.9 Å². The number of nitrogens with one attached hydrogen (secondary N) is 1. The second-order valence-electron chi connectivity index (χ2n) is 6.97. The number of alkyl halides is 2. The molecule has 1 saturated heterocycles. The second kappa shape index (κ2) is 6.50. The zero-order chi connectivity index (χ0) is 20.0. The van der Waals surface area contributed by atoms with Gasteiger partial charge in [0.25, 0.3) is 11.8 Å². The van der Waals surface area contributed by atoms with Crippen LogP contribution >= 0.6 is 0 Å². The smallest absolute Gasteiger partial charge is 0.282 e. The van der Waals surface area contributed by atoms with Crippen LogP contribution in [0.5, 0.6) is 5.75 Å². The van der Waals surface area contributed by atoms with Gasteiger partial charge in [-0.15, -0.1) is 0 Å². The minimum absolute atomic E-state index is 0.212. The predicted molar refractivity (Wildman–Crippen MR) is 100 cm³/mol. The number of carbonyl (C=O) groups excluding carboxylic acids is 1. The van der Waals surface area contributed by atoms with Crippen LogP contribution in [0.1, 0.15) is 10.4 Å². The monoisotopic (exact) mass is 398 g/mol. The first-order chi connectivity index (χ1) is 14.0. The summed E-state index contributed by atoms with van der Waals surface area (Å²) in [5.74, 6) is -2.13. The van der Waals surface area contributed by atoms with E-state index in [0.29, 0.717) is 30.2 Å². The molecule has 2 aliphatic heterocycles. The number of halogens is 2. The Morgan fingerprint density at radius 2 is 1.97 bits per heavy atom. The number of rotatable bonds is 3. The van der Waals surface area contributed by atoms with Crippen LogP contribution < -0.4 is 15.0 Å². The molecule has 2 aliphatic rings. The molecule has 5 rings (SSSR count). The number of hydrogen-bond donors (Lipinski definition) is 1. The average molecular weight is 398 g/mol. The zero-order valence-electron chi connectivity index (χ0n) is 15.2. The number of anilines is 2. The highest BCUT2D eigenvalue weighted by Gasteiger charge is 2.45. The van der Waals surface area contributed by atoms with Crippen LogP contribution in [0, 0.1) is 0 Å². The van der Waals surface area contributed by atoms with Gasteiger partial charge >= 0.3 is 0 Å². The van der Waals surface area contributed by atoms with Gasteiger partial charge < -0.3 is 19.5 Å². The Labute approximate surface area is 164 Å². The lowest BCUT2D eigenvalue weighted by molar-refractivity contribution is -0.0271. The van der Waals surface area contributed by atoms with Gasteiger partial charge in [0, 0.05) is 11.1 Å². The largest absolute Gasteiger partial charge is 0.491 e. The lowest BCUT2D eigenvalue weighted by atomic mass is 10.1. The molecule has 0 spiro atoms. The number of aromatic nitrogens is 4. The molecular formula is C19H16F2N6O2. The maximum atomic E-state index is 13.0. The molecule has 0 aliphatic carbocycles. The molecule has 1 amide bonds. The Morgan fingerprint density at radius 1 is 1.17 bits per heavy atom. The van der Waals surface area contributed by atoms with E-state index in [1.54, 1.807) is 30.7 Å². The number of imidazole rings is 1. The maximum absolute atomic E-state index is 13.0. The van der Waals surface area contributed by atoms with Crippen molar-refractivity contribution in [3.05, 3.63) is 48.7 Å². The molecule has 0 bridgehead atoms. The third kappa shape index (κ3) is 3.26. The van der Waals surface area contributed by atoms with E-state index in [0.717, 1.165) is 11.3 Å². The van der Waals surface area contributed by atoms with Crippen molar-refractivity contribution in [3.8, 4) is 17.0 Å². The van der Waals surface area contributed by atoms with Gasteiger partial charge in [-0.1, -0.05) is 0 Å². The summed E-state index contributed by atoms with van der Waals surface area (Å²) >= 11 is 0. The molecule has 0 atom stereocenters. The summed E-state index contributed by atoms with van der Waals surface area (Å²) in [4.78, 5) is 26.3. The van der Waals surface area contributed by atoms with Crippen LogP contribution in [0.3, 0.4) is 0 Å². The second-order valence-corrected chi connectivity index (χ2v) is 6.97. The van der Waals surface area contributed by atoms with E-state index >= 15 is 0 Å². The topological polar surface area (TPSA) is 85.2 Å². The lowest BCUT2D eigenvalue weighted by Crippen LogP contribution is -2.57. The highest BCUT2D eigenvalue weighted by atomic mass is 19.3. The van der Waals surface area contributed by atoms with Gasteiger partial charge in [0.15, 0.2) is 0 Å². The summed E-state index contributed by atoms with van der Waals surface area (Å²) in [6.45, 7) is 0.408. The Morgan fingerprint density at radius 3 is 2.72 bits per heavy atom. The molecule has 1 aromatic carbocycles. The number of nitrogens with zero attached hydrogens (tertiary/aromatic N) is 5. The van der Waals surface area contributed by atoms with E-state index in [4.69, 9.17) is 4.74 Å². The van der Waals surface area contributed by atoms with Crippen LogP contribution in [0.25, 0.3) is 11.3 Å². The average Bonchev–Trinajstić information content (AvgIpc) is 3.08. The molecule has 1 N–H and O–H groups in total. The third-order valence-corrected chi connectivity index (χ3v) is 4.84. The number of hydrogen-bond acceptors (Lipinski definition) is 6. The van der Waals surface area contributed by atoms with Crippen LogP contribution in [-0.4, -0.2) is 51.0 Å². The van der Waals surface area contributed by atoms with Crippen molar-refractivity contribution in [2.75, 3.05) is 29.9 Å². The van der Waals surface area contributed by atoms with E-state index in [1.807, 2.05) is 4.57 Å². The highest BCUT2D eigenvalue weighted by molar-refractivity contribution is 6.05. The first-order valence-electron chi connectivity index (χ1n) is 9.02. The summed E-state index contributed by atoms with van der Waals surface area (Å²) in [6, 6.07) is 5.19. The Kier molecular flexibility index (Phi) is 3.93. The first kappa shape index (κ1) is 17.5. The van der Waals surface area contributed by atoms with E-state index in [2.05, 4.69) is 20.3 Å². The molecule has 4 heterocycles. The summed E-state index contributed by atoms with van der Waals surface area (Å²) < 4.78 is 33.6. The van der Waals surface area contributed by atoms with Crippen molar-refractivity contribution in [1.29, 1.82) is 0 Å². The molecule has 0 saturated carbocycles. The van der Waals surface area contributed by atoms with Gasteiger partial charge in [-0.3, -0.25) is 4.79 Å². The summed E-state index contributed by atoms with van der Waals surface area (Å²) in [6.07, 6.45) is 6.27.